The second kappa shape index (κ2) is 5.48. The molecule has 0 saturated heterocycles. The fourth-order valence-electron chi connectivity index (χ4n) is 1.00. The minimum atomic E-state index is -1.27. The molecule has 16 heavy (non-hydrogen) atoms. The fraction of sp³-hybridized carbons (Fsp3) is 0.364. The van der Waals surface area contributed by atoms with E-state index in [2.05, 4.69) is 5.32 Å². The number of carbonyl (C=O) groups excluding carboxylic acids is 1. The molecule has 88 valence electrons. The SMILES string of the molecule is CC(CO)(CO)OC(=O)Nc1ccccc1. The number of benzene rings is 1. The molecule has 0 radical (unpaired) electrons. The van der Waals surface area contributed by atoms with Crippen LogP contribution in [0.25, 0.3) is 0 Å². The Labute approximate surface area is 93.7 Å². The van der Waals surface area contributed by atoms with Gasteiger partial charge in [-0.3, -0.25) is 5.32 Å². The molecule has 0 aliphatic rings. The molecule has 0 aromatic heterocycles. The molecule has 0 saturated carbocycles. The monoisotopic (exact) mass is 225 g/mol. The van der Waals surface area contributed by atoms with E-state index in [1.807, 2.05) is 6.07 Å². The first-order valence-electron chi connectivity index (χ1n) is 4.86. The number of nitrogens with one attached hydrogen (secondary N) is 1. The maximum Gasteiger partial charge on any atom is 0.412 e. The minimum absolute atomic E-state index is 0.439. The van der Waals surface area contributed by atoms with Gasteiger partial charge in [0.25, 0.3) is 0 Å². The van der Waals surface area contributed by atoms with Crippen molar-refractivity contribution in [2.45, 2.75) is 12.5 Å². The van der Waals surface area contributed by atoms with Crippen LogP contribution in [0.15, 0.2) is 30.3 Å². The van der Waals surface area contributed by atoms with Crippen molar-refractivity contribution in [1.82, 2.24) is 0 Å². The smallest absolute Gasteiger partial charge is 0.412 e. The lowest BCUT2D eigenvalue weighted by Crippen LogP contribution is -2.40. The lowest BCUT2D eigenvalue weighted by molar-refractivity contribution is -0.0464. The Kier molecular flexibility index (Phi) is 4.28. The normalized spacial score (nSPS) is 10.9. The molecule has 0 aliphatic carbocycles. The van der Waals surface area contributed by atoms with Crippen LogP contribution >= 0.6 is 0 Å². The van der Waals surface area contributed by atoms with Gasteiger partial charge in [0.05, 0.1) is 13.2 Å². The van der Waals surface area contributed by atoms with E-state index in [1.165, 1.54) is 6.92 Å². The van der Waals surface area contributed by atoms with Gasteiger partial charge in [0, 0.05) is 5.69 Å². The van der Waals surface area contributed by atoms with E-state index < -0.39 is 24.9 Å². The van der Waals surface area contributed by atoms with Gasteiger partial charge in [-0.15, -0.1) is 0 Å². The summed E-state index contributed by atoms with van der Waals surface area (Å²) in [5.74, 6) is 0. The van der Waals surface area contributed by atoms with Crippen molar-refractivity contribution in [3.05, 3.63) is 30.3 Å². The van der Waals surface area contributed by atoms with Gasteiger partial charge in [-0.1, -0.05) is 18.2 Å². The number of ether oxygens (including phenoxy) is 1. The Morgan fingerprint density at radius 3 is 2.38 bits per heavy atom. The lowest BCUT2D eigenvalue weighted by Gasteiger charge is -2.24. The Balaban J connectivity index is 2.54. The third-order valence-corrected chi connectivity index (χ3v) is 2.03. The van der Waals surface area contributed by atoms with Crippen molar-refractivity contribution >= 4 is 11.8 Å². The van der Waals surface area contributed by atoms with Crippen LogP contribution in [0.3, 0.4) is 0 Å². The molecule has 0 fully saturated rings. The van der Waals surface area contributed by atoms with Crippen LogP contribution in [0.5, 0.6) is 0 Å². The van der Waals surface area contributed by atoms with Gasteiger partial charge in [-0.05, 0) is 19.1 Å². The quantitative estimate of drug-likeness (QED) is 0.713. The molecule has 1 amide bonds. The third kappa shape index (κ3) is 3.52. The zero-order valence-electron chi connectivity index (χ0n) is 9.01. The average molecular weight is 225 g/mol. The zero-order valence-corrected chi connectivity index (χ0v) is 9.01. The molecule has 0 spiro atoms. The van der Waals surface area contributed by atoms with E-state index in [4.69, 9.17) is 14.9 Å². The molecule has 0 atom stereocenters. The van der Waals surface area contributed by atoms with Crippen LogP contribution < -0.4 is 5.32 Å². The van der Waals surface area contributed by atoms with E-state index in [0.29, 0.717) is 5.69 Å². The predicted octanol–water partition coefficient (Wildman–Crippen LogP) is 0.978. The van der Waals surface area contributed by atoms with Crippen molar-refractivity contribution in [3.63, 3.8) is 0 Å². The number of hydrogen-bond donors (Lipinski definition) is 3. The predicted molar refractivity (Wildman–Crippen MR) is 59.1 cm³/mol. The summed E-state index contributed by atoms with van der Waals surface area (Å²) >= 11 is 0. The number of aliphatic hydroxyl groups is 2. The molecule has 0 aliphatic heterocycles. The molecule has 5 heteroatoms. The van der Waals surface area contributed by atoms with Crippen molar-refractivity contribution < 1.29 is 19.7 Å². The number of para-hydroxylation sites is 1. The van der Waals surface area contributed by atoms with Crippen LogP contribution in [0.4, 0.5) is 10.5 Å². The van der Waals surface area contributed by atoms with Crippen molar-refractivity contribution in [2.24, 2.45) is 0 Å². The molecule has 1 aromatic rings. The number of aliphatic hydroxyl groups excluding tert-OH is 2. The Hall–Kier alpha value is -1.59. The van der Waals surface area contributed by atoms with Gasteiger partial charge < -0.3 is 14.9 Å². The van der Waals surface area contributed by atoms with E-state index in [1.54, 1.807) is 24.3 Å². The molecule has 1 rings (SSSR count). The molecule has 0 bridgehead atoms. The number of carbonyl (C=O) groups is 1. The Morgan fingerprint density at radius 1 is 1.31 bits per heavy atom. The van der Waals surface area contributed by atoms with Gasteiger partial charge in [0.2, 0.25) is 0 Å². The highest BCUT2D eigenvalue weighted by molar-refractivity contribution is 5.84. The molecular formula is C11H15NO4. The second-order valence-corrected chi connectivity index (χ2v) is 3.65. The van der Waals surface area contributed by atoms with Gasteiger partial charge in [0.1, 0.15) is 0 Å². The highest BCUT2D eigenvalue weighted by atomic mass is 16.6. The number of rotatable bonds is 4. The van der Waals surface area contributed by atoms with Crippen LogP contribution in [0.2, 0.25) is 0 Å². The summed E-state index contributed by atoms with van der Waals surface area (Å²) in [5.41, 5.74) is -0.676. The third-order valence-electron chi connectivity index (χ3n) is 2.03. The standard InChI is InChI=1S/C11H15NO4/c1-11(7-13,8-14)16-10(15)12-9-5-3-2-4-6-9/h2-6,13-14H,7-8H2,1H3,(H,12,15). The lowest BCUT2D eigenvalue weighted by atomic mass is 10.1. The van der Waals surface area contributed by atoms with E-state index in [-0.39, 0.29) is 0 Å². The van der Waals surface area contributed by atoms with Gasteiger partial charge in [0.15, 0.2) is 5.60 Å². The number of anilines is 1. The van der Waals surface area contributed by atoms with E-state index >= 15 is 0 Å². The molecule has 1 aromatic carbocycles. The summed E-state index contributed by atoms with van der Waals surface area (Å²) in [5, 5.41) is 20.4. The molecule has 0 unspecified atom stereocenters. The van der Waals surface area contributed by atoms with E-state index in [9.17, 15) is 4.79 Å². The van der Waals surface area contributed by atoms with Crippen molar-refractivity contribution in [3.8, 4) is 0 Å². The maximum atomic E-state index is 11.4. The summed E-state index contributed by atoms with van der Waals surface area (Å²) in [7, 11) is 0. The minimum Gasteiger partial charge on any atom is -0.438 e. The van der Waals surface area contributed by atoms with Crippen LogP contribution in [-0.4, -0.2) is 35.1 Å². The van der Waals surface area contributed by atoms with Crippen LogP contribution in [0.1, 0.15) is 6.92 Å². The first kappa shape index (κ1) is 12.5. The largest absolute Gasteiger partial charge is 0.438 e. The van der Waals surface area contributed by atoms with Crippen LogP contribution in [-0.2, 0) is 4.74 Å². The van der Waals surface area contributed by atoms with Gasteiger partial charge in [-0.2, -0.15) is 0 Å². The van der Waals surface area contributed by atoms with Gasteiger partial charge in [-0.25, -0.2) is 4.79 Å². The molecular weight excluding hydrogens is 210 g/mol. The van der Waals surface area contributed by atoms with E-state index in [0.717, 1.165) is 0 Å². The van der Waals surface area contributed by atoms with Gasteiger partial charge >= 0.3 is 6.09 Å². The summed E-state index contributed by atoms with van der Waals surface area (Å²) < 4.78 is 4.89. The highest BCUT2D eigenvalue weighted by Gasteiger charge is 2.27. The molecule has 3 N–H and O–H groups in total. The topological polar surface area (TPSA) is 78.8 Å². The maximum absolute atomic E-state index is 11.4. The first-order chi connectivity index (χ1) is 7.59. The number of hydrogen-bond acceptors (Lipinski definition) is 4. The Bertz CT molecular complexity index is 335. The summed E-state index contributed by atoms with van der Waals surface area (Å²) in [4.78, 5) is 11.4. The summed E-state index contributed by atoms with van der Waals surface area (Å²) in [6, 6.07) is 8.77. The zero-order chi connectivity index (χ0) is 12.0. The fourth-order valence-corrected chi connectivity index (χ4v) is 1.00. The molecule has 5 nitrogen and oxygen atoms in total. The highest BCUT2D eigenvalue weighted by Crippen LogP contribution is 2.11. The average Bonchev–Trinajstić information content (AvgIpc) is 2.30. The van der Waals surface area contributed by atoms with Crippen molar-refractivity contribution in [2.75, 3.05) is 18.5 Å². The first-order valence-corrected chi connectivity index (χ1v) is 4.86. The number of amides is 1. The molecule has 0 heterocycles. The second-order valence-electron chi connectivity index (χ2n) is 3.65. The van der Waals surface area contributed by atoms with Crippen molar-refractivity contribution in [1.29, 1.82) is 0 Å². The summed E-state index contributed by atoms with van der Waals surface area (Å²) in [6.07, 6.45) is -0.711. The Morgan fingerprint density at radius 2 is 1.88 bits per heavy atom. The summed E-state index contributed by atoms with van der Waals surface area (Å²) in [6.45, 7) is 0.564. The van der Waals surface area contributed by atoms with Crippen LogP contribution in [0, 0.1) is 0 Å².